The molecule has 0 bridgehead atoms. The summed E-state index contributed by atoms with van der Waals surface area (Å²) in [4.78, 5) is 25.2. The van der Waals surface area contributed by atoms with E-state index in [0.717, 1.165) is 30.4 Å². The molecular formula is C22H24N4O3S. The Hall–Kier alpha value is -3.00. The van der Waals surface area contributed by atoms with Gasteiger partial charge in [0, 0.05) is 17.7 Å². The summed E-state index contributed by atoms with van der Waals surface area (Å²) < 4.78 is 0. The number of carbonyl (C=O) groups is 1. The van der Waals surface area contributed by atoms with Crippen molar-refractivity contribution in [2.24, 2.45) is 10.2 Å². The summed E-state index contributed by atoms with van der Waals surface area (Å²) in [6.45, 7) is 4.58. The number of nitro groups is 1. The minimum Gasteiger partial charge on any atom is -0.284 e. The van der Waals surface area contributed by atoms with Crippen molar-refractivity contribution in [3.8, 4) is 0 Å². The number of hydrogen-bond acceptors (Lipinski definition) is 6. The molecule has 1 aliphatic rings. The Kier molecular flexibility index (Phi) is 7.35. The van der Waals surface area contributed by atoms with Crippen LogP contribution in [0.5, 0.6) is 0 Å². The van der Waals surface area contributed by atoms with Crippen LogP contribution < -0.4 is 0 Å². The van der Waals surface area contributed by atoms with Crippen molar-refractivity contribution in [3.05, 3.63) is 75.3 Å². The van der Waals surface area contributed by atoms with Crippen molar-refractivity contribution >= 4 is 34.7 Å². The highest BCUT2D eigenvalue weighted by Gasteiger charge is 2.37. The molecule has 7 nitrogen and oxygen atoms in total. The minimum atomic E-state index is -0.447. The first-order valence-corrected chi connectivity index (χ1v) is 10.8. The second-order valence-corrected chi connectivity index (χ2v) is 8.25. The molecule has 1 atom stereocenters. The number of aryl methyl sites for hydroxylation is 1. The van der Waals surface area contributed by atoms with E-state index >= 15 is 0 Å². The van der Waals surface area contributed by atoms with Gasteiger partial charge in [0.05, 0.1) is 22.9 Å². The number of amides is 1. The SMILES string of the molecule is CCCCC1SC(=NN=Cc2cccc([N+](=O)[O-])c2)N(Cc2ccccc2C)C1=O. The zero-order chi connectivity index (χ0) is 21.5. The van der Waals surface area contributed by atoms with Gasteiger partial charge in [0.25, 0.3) is 5.69 Å². The van der Waals surface area contributed by atoms with Crippen LogP contribution in [-0.2, 0) is 11.3 Å². The molecule has 2 aromatic carbocycles. The second-order valence-electron chi connectivity index (χ2n) is 7.08. The second kappa shape index (κ2) is 10.2. The average molecular weight is 425 g/mol. The molecule has 1 amide bonds. The van der Waals surface area contributed by atoms with Crippen LogP contribution in [0, 0.1) is 17.0 Å². The fraction of sp³-hybridized carbons (Fsp3) is 0.318. The highest BCUT2D eigenvalue weighted by Crippen LogP contribution is 2.32. The van der Waals surface area contributed by atoms with E-state index in [0.29, 0.717) is 17.3 Å². The number of nitro benzene ring substituents is 1. The molecule has 3 rings (SSSR count). The lowest BCUT2D eigenvalue weighted by Gasteiger charge is -2.17. The Labute approximate surface area is 180 Å². The van der Waals surface area contributed by atoms with E-state index in [2.05, 4.69) is 17.1 Å². The molecule has 30 heavy (non-hydrogen) atoms. The van der Waals surface area contributed by atoms with Gasteiger partial charge in [0.15, 0.2) is 5.17 Å². The number of rotatable bonds is 8. The molecule has 0 aliphatic carbocycles. The first-order chi connectivity index (χ1) is 14.5. The summed E-state index contributed by atoms with van der Waals surface area (Å²) in [6.07, 6.45) is 4.28. The van der Waals surface area contributed by atoms with Gasteiger partial charge < -0.3 is 0 Å². The molecule has 1 heterocycles. The third-order valence-corrected chi connectivity index (χ3v) is 6.10. The Bertz CT molecular complexity index is 990. The summed E-state index contributed by atoms with van der Waals surface area (Å²) in [5.41, 5.74) is 2.76. The highest BCUT2D eigenvalue weighted by atomic mass is 32.2. The van der Waals surface area contributed by atoms with Crippen molar-refractivity contribution in [1.82, 2.24) is 4.90 Å². The van der Waals surface area contributed by atoms with Crippen molar-refractivity contribution in [3.63, 3.8) is 0 Å². The first-order valence-electron chi connectivity index (χ1n) is 9.87. The fourth-order valence-corrected chi connectivity index (χ4v) is 4.27. The summed E-state index contributed by atoms with van der Waals surface area (Å²) in [6, 6.07) is 14.2. The maximum absolute atomic E-state index is 13.0. The lowest BCUT2D eigenvalue weighted by atomic mass is 10.1. The molecule has 1 saturated heterocycles. The maximum atomic E-state index is 13.0. The van der Waals surface area contributed by atoms with Gasteiger partial charge in [0.2, 0.25) is 5.91 Å². The summed E-state index contributed by atoms with van der Waals surface area (Å²) >= 11 is 1.44. The third kappa shape index (κ3) is 5.33. The van der Waals surface area contributed by atoms with Crippen LogP contribution in [-0.4, -0.2) is 32.4 Å². The lowest BCUT2D eigenvalue weighted by molar-refractivity contribution is -0.384. The number of benzene rings is 2. The molecule has 0 spiro atoms. The summed E-state index contributed by atoms with van der Waals surface area (Å²) in [5.74, 6) is 0.0565. The highest BCUT2D eigenvalue weighted by molar-refractivity contribution is 8.15. The van der Waals surface area contributed by atoms with Crippen molar-refractivity contribution in [2.75, 3.05) is 0 Å². The largest absolute Gasteiger partial charge is 0.284 e. The third-order valence-electron chi connectivity index (χ3n) is 4.86. The Morgan fingerprint density at radius 2 is 2.03 bits per heavy atom. The average Bonchev–Trinajstić information content (AvgIpc) is 3.03. The van der Waals surface area contributed by atoms with Crippen LogP contribution in [0.25, 0.3) is 0 Å². The predicted octanol–water partition coefficient (Wildman–Crippen LogP) is 4.93. The van der Waals surface area contributed by atoms with E-state index < -0.39 is 4.92 Å². The van der Waals surface area contributed by atoms with Gasteiger partial charge in [-0.25, -0.2) is 0 Å². The van der Waals surface area contributed by atoms with Crippen molar-refractivity contribution < 1.29 is 9.72 Å². The fourth-order valence-electron chi connectivity index (χ4n) is 3.13. The van der Waals surface area contributed by atoms with Gasteiger partial charge in [-0.3, -0.25) is 19.8 Å². The topological polar surface area (TPSA) is 88.2 Å². The Balaban J connectivity index is 1.83. The lowest BCUT2D eigenvalue weighted by Crippen LogP contribution is -2.31. The van der Waals surface area contributed by atoms with E-state index in [9.17, 15) is 14.9 Å². The number of carbonyl (C=O) groups excluding carboxylic acids is 1. The molecule has 0 N–H and O–H groups in total. The zero-order valence-electron chi connectivity index (χ0n) is 17.0. The quantitative estimate of drug-likeness (QED) is 0.341. The minimum absolute atomic E-state index is 0.00201. The predicted molar refractivity (Wildman–Crippen MR) is 121 cm³/mol. The number of hydrogen-bond donors (Lipinski definition) is 0. The maximum Gasteiger partial charge on any atom is 0.270 e. The van der Waals surface area contributed by atoms with Gasteiger partial charge >= 0.3 is 0 Å². The van der Waals surface area contributed by atoms with Crippen LogP contribution in [0.2, 0.25) is 0 Å². The van der Waals surface area contributed by atoms with Crippen molar-refractivity contribution in [1.29, 1.82) is 0 Å². The van der Waals surface area contributed by atoms with E-state index in [-0.39, 0.29) is 16.8 Å². The van der Waals surface area contributed by atoms with Crippen LogP contribution in [0.3, 0.4) is 0 Å². The first kappa shape index (κ1) is 21.7. The molecule has 1 fully saturated rings. The Morgan fingerprint density at radius 3 is 2.77 bits per heavy atom. The van der Waals surface area contributed by atoms with Crippen LogP contribution >= 0.6 is 11.8 Å². The zero-order valence-corrected chi connectivity index (χ0v) is 17.8. The van der Waals surface area contributed by atoms with Gasteiger partial charge in [-0.15, -0.1) is 5.10 Å². The van der Waals surface area contributed by atoms with Crippen LogP contribution in [0.4, 0.5) is 5.69 Å². The Morgan fingerprint density at radius 1 is 1.23 bits per heavy atom. The van der Waals surface area contributed by atoms with Gasteiger partial charge in [0.1, 0.15) is 0 Å². The number of amidine groups is 1. The van der Waals surface area contributed by atoms with Gasteiger partial charge in [-0.05, 0) is 24.5 Å². The van der Waals surface area contributed by atoms with Gasteiger partial charge in [-0.2, -0.15) is 5.10 Å². The molecule has 1 aliphatic heterocycles. The number of thioether (sulfide) groups is 1. The number of unbranched alkanes of at least 4 members (excludes halogenated alkanes) is 1. The molecule has 156 valence electrons. The molecule has 0 radical (unpaired) electrons. The molecule has 0 saturated carbocycles. The molecule has 8 heteroatoms. The van der Waals surface area contributed by atoms with Gasteiger partial charge in [-0.1, -0.05) is 67.9 Å². The van der Waals surface area contributed by atoms with E-state index in [1.54, 1.807) is 17.0 Å². The number of non-ortho nitro benzene ring substituents is 1. The van der Waals surface area contributed by atoms with Crippen molar-refractivity contribution in [2.45, 2.75) is 44.9 Å². The normalized spacial score (nSPS) is 17.9. The molecular weight excluding hydrogens is 400 g/mol. The van der Waals surface area contributed by atoms with E-state index in [1.807, 2.05) is 31.2 Å². The van der Waals surface area contributed by atoms with Crippen LogP contribution in [0.15, 0.2) is 58.7 Å². The smallest absolute Gasteiger partial charge is 0.270 e. The van der Waals surface area contributed by atoms with Crippen LogP contribution in [0.1, 0.15) is 42.9 Å². The van der Waals surface area contributed by atoms with E-state index in [1.165, 1.54) is 30.1 Å². The monoisotopic (exact) mass is 424 g/mol. The molecule has 2 aromatic rings. The standard InChI is InChI=1S/C22H24N4O3S/c1-3-4-12-20-21(27)25(15-18-10-6-5-8-16(18)2)22(30-20)24-23-14-17-9-7-11-19(13-17)26(28)29/h5-11,13-14,20H,3-4,12,15H2,1-2H3. The summed E-state index contributed by atoms with van der Waals surface area (Å²) in [5, 5.41) is 19.7. The molecule has 0 aromatic heterocycles. The summed E-state index contributed by atoms with van der Waals surface area (Å²) in [7, 11) is 0. The molecule has 1 unspecified atom stereocenters. The van der Waals surface area contributed by atoms with E-state index in [4.69, 9.17) is 0 Å². The number of nitrogens with zero attached hydrogens (tertiary/aromatic N) is 4.